The summed E-state index contributed by atoms with van der Waals surface area (Å²) in [4.78, 5) is 21.3. The summed E-state index contributed by atoms with van der Waals surface area (Å²) < 4.78 is 16.3. The summed E-state index contributed by atoms with van der Waals surface area (Å²) in [6.45, 7) is 2.26. The predicted octanol–water partition coefficient (Wildman–Crippen LogP) is 3.33. The highest BCUT2D eigenvalue weighted by Gasteiger charge is 2.17. The number of hydrogen-bond donors (Lipinski definition) is 0. The van der Waals surface area contributed by atoms with E-state index < -0.39 is 5.95 Å². The third kappa shape index (κ3) is 3.10. The molecule has 0 spiro atoms. The van der Waals surface area contributed by atoms with E-state index in [1.807, 2.05) is 31.2 Å². The van der Waals surface area contributed by atoms with E-state index in [1.165, 1.54) is 29.1 Å². The molecule has 0 unspecified atom stereocenters. The Morgan fingerprint density at radius 3 is 2.56 bits per heavy atom. The third-order valence-electron chi connectivity index (χ3n) is 4.26. The predicted molar refractivity (Wildman–Crippen MR) is 102 cm³/mol. The van der Waals surface area contributed by atoms with Crippen LogP contribution in [-0.4, -0.2) is 30.2 Å². The molecule has 4 aromatic rings. The van der Waals surface area contributed by atoms with Gasteiger partial charge in [0.2, 0.25) is 5.95 Å². The summed E-state index contributed by atoms with van der Waals surface area (Å²) in [7, 11) is 0. The first kappa shape index (κ1) is 17.4. The second-order valence-electron chi connectivity index (χ2n) is 6.08. The van der Waals surface area contributed by atoms with Crippen molar-refractivity contribution >= 4 is 22.6 Å². The monoisotopic (exact) mass is 383 g/mol. The maximum Gasteiger partial charge on any atom is 0.264 e. The summed E-state index contributed by atoms with van der Waals surface area (Å²) in [5, 5.41) is 4.73. The molecule has 8 heteroatoms. The Morgan fingerprint density at radius 2 is 1.89 bits per heavy atom. The number of aromatic nitrogens is 5. The molecule has 0 amide bonds. The van der Waals surface area contributed by atoms with E-state index in [1.54, 1.807) is 4.68 Å². The molecule has 0 aliphatic rings. The number of alkyl halides is 1. The lowest BCUT2D eigenvalue weighted by Gasteiger charge is -2.12. The zero-order valence-electron chi connectivity index (χ0n) is 14.4. The first-order chi connectivity index (χ1) is 13.1. The first-order valence-corrected chi connectivity index (χ1v) is 8.85. The third-order valence-corrected chi connectivity index (χ3v) is 4.43. The number of nitrogens with zero attached hydrogens (tertiary/aromatic N) is 5. The Morgan fingerprint density at radius 1 is 1.11 bits per heavy atom. The maximum absolute atomic E-state index is 13.2. The number of aryl methyl sites for hydroxylation is 1. The van der Waals surface area contributed by atoms with E-state index >= 15 is 0 Å². The van der Waals surface area contributed by atoms with Crippen LogP contribution in [-0.2, 0) is 6.54 Å². The Balaban J connectivity index is 1.99. The molecule has 0 radical (unpaired) electrons. The Hall–Kier alpha value is -3.06. The lowest BCUT2D eigenvalue weighted by Crippen LogP contribution is -2.24. The van der Waals surface area contributed by atoms with Crippen molar-refractivity contribution < 1.29 is 4.39 Å². The van der Waals surface area contributed by atoms with E-state index in [9.17, 15) is 9.18 Å². The standard InChI is InChI=1S/C19H15ClFN5O/c1-12-2-5-14(6-3-12)26-18-15(11-23-26)19(27)25(9-8-20)17(24-18)13-4-7-16(21)22-10-13/h2-7,10-11H,8-9H2,1H3. The number of benzene rings is 1. The fourth-order valence-electron chi connectivity index (χ4n) is 2.90. The summed E-state index contributed by atoms with van der Waals surface area (Å²) in [5.74, 6) is 0.00570. The van der Waals surface area contributed by atoms with Crippen LogP contribution in [0.2, 0.25) is 0 Å². The van der Waals surface area contributed by atoms with Crippen LogP contribution < -0.4 is 5.56 Å². The fraction of sp³-hybridized carbons (Fsp3) is 0.158. The van der Waals surface area contributed by atoms with E-state index in [0.717, 1.165) is 11.3 Å². The van der Waals surface area contributed by atoms with Gasteiger partial charge in [0.05, 0.1) is 11.9 Å². The van der Waals surface area contributed by atoms with Gasteiger partial charge in [0.25, 0.3) is 5.56 Å². The van der Waals surface area contributed by atoms with Crippen molar-refractivity contribution in [3.8, 4) is 17.1 Å². The van der Waals surface area contributed by atoms with Crippen molar-refractivity contribution in [2.45, 2.75) is 13.5 Å². The molecule has 0 aliphatic heterocycles. The Labute approximate surface area is 158 Å². The molecule has 0 N–H and O–H groups in total. The number of rotatable bonds is 4. The quantitative estimate of drug-likeness (QED) is 0.400. The van der Waals surface area contributed by atoms with Crippen molar-refractivity contribution in [1.29, 1.82) is 0 Å². The van der Waals surface area contributed by atoms with Gasteiger partial charge in [-0.3, -0.25) is 9.36 Å². The summed E-state index contributed by atoms with van der Waals surface area (Å²) in [6, 6.07) is 10.5. The highest BCUT2D eigenvalue weighted by molar-refractivity contribution is 6.17. The van der Waals surface area contributed by atoms with Crippen molar-refractivity contribution in [2.24, 2.45) is 0 Å². The lowest BCUT2D eigenvalue weighted by atomic mass is 10.2. The molecule has 0 atom stereocenters. The van der Waals surface area contributed by atoms with Gasteiger partial charge in [-0.05, 0) is 31.2 Å². The van der Waals surface area contributed by atoms with Crippen molar-refractivity contribution in [3.63, 3.8) is 0 Å². The number of fused-ring (bicyclic) bond motifs is 1. The van der Waals surface area contributed by atoms with Gasteiger partial charge in [-0.25, -0.2) is 14.6 Å². The molecular weight excluding hydrogens is 369 g/mol. The van der Waals surface area contributed by atoms with Gasteiger partial charge in [0.1, 0.15) is 11.2 Å². The summed E-state index contributed by atoms with van der Waals surface area (Å²) >= 11 is 5.88. The lowest BCUT2D eigenvalue weighted by molar-refractivity contribution is 0.584. The molecule has 0 aliphatic carbocycles. The largest absolute Gasteiger partial charge is 0.291 e. The van der Waals surface area contributed by atoms with E-state index in [-0.39, 0.29) is 18.0 Å². The van der Waals surface area contributed by atoms with Crippen LogP contribution >= 0.6 is 11.6 Å². The summed E-state index contributed by atoms with van der Waals surface area (Å²) in [5.41, 5.74) is 2.61. The molecule has 0 fully saturated rings. The molecule has 0 saturated carbocycles. The minimum atomic E-state index is -0.601. The number of hydrogen-bond acceptors (Lipinski definition) is 4. The molecular formula is C19H15ClFN5O. The van der Waals surface area contributed by atoms with Gasteiger partial charge in [0, 0.05) is 24.2 Å². The van der Waals surface area contributed by atoms with Gasteiger partial charge in [-0.15, -0.1) is 11.6 Å². The van der Waals surface area contributed by atoms with Crippen LogP contribution in [0, 0.1) is 12.9 Å². The van der Waals surface area contributed by atoms with Crippen LogP contribution in [0.1, 0.15) is 5.56 Å². The van der Waals surface area contributed by atoms with Crippen molar-refractivity contribution in [1.82, 2.24) is 24.3 Å². The second kappa shape index (κ2) is 6.92. The topological polar surface area (TPSA) is 65.6 Å². The van der Waals surface area contributed by atoms with E-state index in [4.69, 9.17) is 11.6 Å². The molecule has 3 heterocycles. The van der Waals surface area contributed by atoms with Crippen LogP contribution in [0.4, 0.5) is 4.39 Å². The van der Waals surface area contributed by atoms with Gasteiger partial charge in [-0.2, -0.15) is 9.49 Å². The number of pyridine rings is 1. The highest BCUT2D eigenvalue weighted by atomic mass is 35.5. The number of halogens is 2. The van der Waals surface area contributed by atoms with Gasteiger partial charge >= 0.3 is 0 Å². The van der Waals surface area contributed by atoms with Crippen LogP contribution in [0.15, 0.2) is 53.6 Å². The molecule has 0 bridgehead atoms. The zero-order chi connectivity index (χ0) is 19.0. The van der Waals surface area contributed by atoms with Crippen molar-refractivity contribution in [3.05, 3.63) is 70.7 Å². The average molecular weight is 384 g/mol. The Bertz CT molecular complexity index is 1170. The van der Waals surface area contributed by atoms with Gasteiger partial charge in [-0.1, -0.05) is 17.7 Å². The van der Waals surface area contributed by atoms with Crippen LogP contribution in [0.25, 0.3) is 28.1 Å². The smallest absolute Gasteiger partial charge is 0.264 e. The fourth-order valence-corrected chi connectivity index (χ4v) is 3.07. The van der Waals surface area contributed by atoms with Gasteiger partial charge in [0.15, 0.2) is 5.65 Å². The Kier molecular flexibility index (Phi) is 4.45. The van der Waals surface area contributed by atoms with Crippen LogP contribution in [0.5, 0.6) is 0 Å². The zero-order valence-corrected chi connectivity index (χ0v) is 15.2. The molecule has 4 rings (SSSR count). The second-order valence-corrected chi connectivity index (χ2v) is 6.46. The van der Waals surface area contributed by atoms with Crippen LogP contribution in [0.3, 0.4) is 0 Å². The first-order valence-electron chi connectivity index (χ1n) is 8.32. The molecule has 6 nitrogen and oxygen atoms in total. The maximum atomic E-state index is 13.2. The minimum Gasteiger partial charge on any atom is -0.291 e. The molecule has 1 aromatic carbocycles. The van der Waals surface area contributed by atoms with Crippen molar-refractivity contribution in [2.75, 3.05) is 5.88 Å². The molecule has 0 saturated heterocycles. The highest BCUT2D eigenvalue weighted by Crippen LogP contribution is 2.20. The van der Waals surface area contributed by atoms with Gasteiger partial charge < -0.3 is 0 Å². The SMILES string of the molecule is Cc1ccc(-n2ncc3c(=O)n(CCCl)c(-c4ccc(F)nc4)nc32)cc1. The molecule has 3 aromatic heterocycles. The normalized spacial score (nSPS) is 11.2. The van der Waals surface area contributed by atoms with E-state index in [2.05, 4.69) is 15.1 Å². The molecule has 136 valence electrons. The minimum absolute atomic E-state index is 0.237. The summed E-state index contributed by atoms with van der Waals surface area (Å²) in [6.07, 6.45) is 2.85. The van der Waals surface area contributed by atoms with E-state index in [0.29, 0.717) is 22.4 Å². The average Bonchev–Trinajstić information content (AvgIpc) is 3.09. The molecule has 27 heavy (non-hydrogen) atoms.